The van der Waals surface area contributed by atoms with Crippen molar-refractivity contribution in [3.63, 3.8) is 0 Å². The van der Waals surface area contributed by atoms with Gasteiger partial charge in [-0.25, -0.2) is 17.7 Å². The van der Waals surface area contributed by atoms with Crippen molar-refractivity contribution < 1.29 is 40.8 Å². The van der Waals surface area contributed by atoms with Crippen molar-refractivity contribution >= 4 is 50.0 Å². The van der Waals surface area contributed by atoms with Gasteiger partial charge in [-0.2, -0.15) is 8.42 Å². The smallest absolute Gasteiger partial charge is 0.303 e. The molecule has 3 aliphatic rings. The average molecular weight is 778 g/mol. The number of anilines is 1. The maximum Gasteiger partial charge on any atom is 0.303 e. The highest BCUT2D eigenvalue weighted by atomic mass is 32.2. The molecule has 2 N–H and O–H groups in total. The van der Waals surface area contributed by atoms with Crippen LogP contribution in [-0.4, -0.2) is 38.1 Å². The van der Waals surface area contributed by atoms with E-state index in [2.05, 4.69) is 11.5 Å². The maximum atomic E-state index is 16.3. The lowest BCUT2D eigenvalue weighted by molar-refractivity contribution is -0.137. The molecule has 272 valence electrons. The molecule has 0 spiro atoms. The van der Waals surface area contributed by atoms with E-state index in [1.54, 1.807) is 24.3 Å². The van der Waals surface area contributed by atoms with E-state index in [0.717, 1.165) is 26.2 Å². The summed E-state index contributed by atoms with van der Waals surface area (Å²) in [6.45, 7) is 10.7. The van der Waals surface area contributed by atoms with E-state index in [9.17, 15) is 22.9 Å². The van der Waals surface area contributed by atoms with Crippen molar-refractivity contribution in [1.29, 1.82) is 0 Å². The number of carbonyl (C=O) groups is 1. The minimum absolute atomic E-state index is 0.0466. The summed E-state index contributed by atoms with van der Waals surface area (Å²) in [6.07, 6.45) is 1.81. The second kappa shape index (κ2) is 12.0. The summed E-state index contributed by atoms with van der Waals surface area (Å²) in [7, 11) is -1.72. The van der Waals surface area contributed by atoms with E-state index in [1.807, 2.05) is 48.8 Å². The Kier molecular flexibility index (Phi) is 8.05. The summed E-state index contributed by atoms with van der Waals surface area (Å²) in [5.41, 5.74) is 1.30. The normalized spacial score (nSPS) is 18.0. The summed E-state index contributed by atoms with van der Waals surface area (Å²) in [6, 6.07) is 10.8. The number of nitrogens with zero attached hydrogens (tertiary/aromatic N) is 2. The van der Waals surface area contributed by atoms with Gasteiger partial charge in [-0.05, 0) is 67.3 Å². The zero-order valence-corrected chi connectivity index (χ0v) is 31.3. The van der Waals surface area contributed by atoms with Gasteiger partial charge in [0.25, 0.3) is 10.1 Å². The number of fused-ring (bicyclic) bond motifs is 8. The Labute approximate surface area is 311 Å². The van der Waals surface area contributed by atoms with E-state index >= 15 is 13.2 Å². The number of benzene rings is 3. The Balaban J connectivity index is 1.49. The third-order valence-corrected chi connectivity index (χ3v) is 13.8. The molecule has 0 bridgehead atoms. The number of aliphatic carboxylic acids is 1. The number of carboxylic acids is 1. The molecule has 0 amide bonds. The molecule has 8 nitrogen and oxygen atoms in total. The number of rotatable bonds is 7. The Hall–Kier alpha value is -4.50. The molecule has 14 heteroatoms. The van der Waals surface area contributed by atoms with Crippen molar-refractivity contribution in [1.82, 2.24) is 4.58 Å². The molecule has 0 saturated heterocycles. The number of halogens is 3. The number of thiophene rings is 2. The van der Waals surface area contributed by atoms with Crippen LogP contribution in [0, 0.1) is 24.4 Å². The number of ether oxygens (including phenoxy) is 1. The third kappa shape index (κ3) is 5.20. The van der Waals surface area contributed by atoms with Crippen LogP contribution in [-0.2, 0) is 26.0 Å². The monoisotopic (exact) mass is 777 g/mol. The number of unbranched alkanes of at least 4 members (excludes halogenated alkanes) is 1. The van der Waals surface area contributed by atoms with Crippen molar-refractivity contribution in [3.8, 4) is 32.4 Å². The molecule has 0 saturated carbocycles. The van der Waals surface area contributed by atoms with Crippen LogP contribution in [0.1, 0.15) is 61.8 Å². The number of hydrogen-bond donors (Lipinski definition) is 2. The highest BCUT2D eigenvalue weighted by Gasteiger charge is 2.44. The van der Waals surface area contributed by atoms with Gasteiger partial charge < -0.3 is 14.7 Å². The van der Waals surface area contributed by atoms with Crippen LogP contribution in [0.15, 0.2) is 58.1 Å². The first kappa shape index (κ1) is 35.5. The predicted molar refractivity (Wildman–Crippen MR) is 197 cm³/mol. The van der Waals surface area contributed by atoms with Crippen LogP contribution >= 0.6 is 22.7 Å². The van der Waals surface area contributed by atoms with Gasteiger partial charge in [0.05, 0.1) is 22.0 Å². The van der Waals surface area contributed by atoms with Crippen molar-refractivity contribution in [2.45, 2.75) is 55.5 Å². The topological polar surface area (TPSA) is 107 Å². The van der Waals surface area contributed by atoms with Gasteiger partial charge >= 0.3 is 5.97 Å². The third-order valence-electron chi connectivity index (χ3n) is 11.0. The van der Waals surface area contributed by atoms with Gasteiger partial charge in [-0.3, -0.25) is 9.35 Å². The molecule has 0 fully saturated rings. The zero-order valence-electron chi connectivity index (χ0n) is 28.9. The minimum atomic E-state index is -5.45. The summed E-state index contributed by atoms with van der Waals surface area (Å²) in [5.74, 6) is -5.52. The fraction of sp³-hybridized carbons (Fsp3) is 0.256. The van der Waals surface area contributed by atoms with Crippen molar-refractivity contribution in [2.24, 2.45) is 0 Å². The quantitative estimate of drug-likeness (QED) is 0.0748. The molecule has 2 aromatic heterocycles. The summed E-state index contributed by atoms with van der Waals surface area (Å²) in [5, 5.41) is 13.9. The Morgan fingerprint density at radius 1 is 0.943 bits per heavy atom. The molecule has 5 aromatic rings. The van der Waals surface area contributed by atoms with E-state index in [1.165, 1.54) is 22.7 Å². The lowest BCUT2D eigenvalue weighted by Gasteiger charge is -2.43. The van der Waals surface area contributed by atoms with Crippen LogP contribution in [0.25, 0.3) is 26.5 Å². The first-order chi connectivity index (χ1) is 24.9. The first-order valence-electron chi connectivity index (χ1n) is 16.7. The molecule has 8 rings (SSSR count). The molecule has 3 aromatic carbocycles. The van der Waals surface area contributed by atoms with Crippen LogP contribution < -0.4 is 24.8 Å². The van der Waals surface area contributed by atoms with Gasteiger partial charge in [0.1, 0.15) is 29.3 Å². The second-order valence-electron chi connectivity index (χ2n) is 14.0. The second-order valence-corrected chi connectivity index (χ2v) is 17.2. The highest BCUT2D eigenvalue weighted by Crippen LogP contribution is 2.53. The van der Waals surface area contributed by atoms with Crippen LogP contribution in [0.3, 0.4) is 0 Å². The summed E-state index contributed by atoms with van der Waals surface area (Å²) >= 11 is 2.88. The molecular weight excluding hydrogens is 746 g/mol. The molecule has 2 atom stereocenters. The number of carboxylic acid groups (broad SMARTS) is 1. The van der Waals surface area contributed by atoms with Gasteiger partial charge in [-0.15, -0.1) is 22.7 Å². The van der Waals surface area contributed by atoms with E-state index in [-0.39, 0.29) is 40.3 Å². The molecule has 5 heterocycles. The Morgan fingerprint density at radius 2 is 1.62 bits per heavy atom. The predicted octanol–water partition coefficient (Wildman–Crippen LogP) is 7.53. The highest BCUT2D eigenvalue weighted by molar-refractivity contribution is 7.86. The summed E-state index contributed by atoms with van der Waals surface area (Å²) in [4.78, 5) is 13.4. The molecule has 53 heavy (non-hydrogen) atoms. The SMILES string of the molecule is [CH]C1(C)c2ccsc2-c2cc3c(cc2N1C)Oc1cc2c(cc1=C3c1c(F)c(F)cc(F)c1S(=O)(=O)O)-c1sccc1C(C)(CCCCC(=O)O)[N+]=2C. The maximum absolute atomic E-state index is 16.3. The van der Waals surface area contributed by atoms with E-state index in [4.69, 9.17) is 11.7 Å². The van der Waals surface area contributed by atoms with E-state index in [0.29, 0.717) is 36.1 Å². The van der Waals surface area contributed by atoms with Crippen LogP contribution in [0.2, 0.25) is 0 Å². The fourth-order valence-electron chi connectivity index (χ4n) is 7.99. The van der Waals surface area contributed by atoms with Gasteiger partial charge in [0, 0.05) is 82.6 Å². The standard InChI is InChI=1S/C39H31F3N2O6S3/c1-38(2)23-9-12-51-35(23)19-14-21-29(17-27(19)43(38)4)50-30-18-28-20(36-24(10-13-52-36)39(3,44(28)5)11-7-6-8-31(45)46)15-22(30)32(21)33-34(42)25(40)16-26(41)37(33)53(47,48)49/h1,9-10,12-18H,6-8,11H2,2-5H3,(H-,45,46,47,48,49)/p+1. The Morgan fingerprint density at radius 3 is 2.30 bits per heavy atom. The van der Waals surface area contributed by atoms with Crippen LogP contribution in [0.5, 0.6) is 11.5 Å². The largest absolute Gasteiger partial charge is 0.481 e. The van der Waals surface area contributed by atoms with E-state index < -0.39 is 55.1 Å². The lowest BCUT2D eigenvalue weighted by atomic mass is 9.81. The van der Waals surface area contributed by atoms with Crippen molar-refractivity contribution in [3.05, 3.63) is 110 Å². The van der Waals surface area contributed by atoms with Gasteiger partial charge in [0.15, 0.2) is 17.2 Å². The molecule has 3 aliphatic heterocycles. The fourth-order valence-corrected chi connectivity index (χ4v) is 10.8. The molecular formula is C39H32F3N2O6S3+. The minimum Gasteiger partial charge on any atom is -0.481 e. The molecule has 2 radical (unpaired) electrons. The lowest BCUT2D eigenvalue weighted by Crippen LogP contribution is -2.48. The van der Waals surface area contributed by atoms with Gasteiger partial charge in [0.2, 0.25) is 5.36 Å². The molecule has 0 aliphatic carbocycles. The number of hydrogen-bond acceptors (Lipinski definition) is 7. The summed E-state index contributed by atoms with van der Waals surface area (Å²) < 4.78 is 91.7. The van der Waals surface area contributed by atoms with Gasteiger partial charge in [-0.1, -0.05) is 0 Å². The Bertz CT molecular complexity index is 2680. The van der Waals surface area contributed by atoms with Crippen molar-refractivity contribution in [2.75, 3.05) is 19.0 Å². The first-order valence-corrected chi connectivity index (χ1v) is 19.9. The average Bonchev–Trinajstić information content (AvgIpc) is 3.79. The zero-order chi connectivity index (χ0) is 37.9. The van der Waals surface area contributed by atoms with Crippen LogP contribution in [0.4, 0.5) is 18.9 Å². The molecule has 2 unspecified atom stereocenters.